The van der Waals surface area contributed by atoms with Crippen LogP contribution in [0.4, 0.5) is 0 Å². The number of rotatable bonds is 7. The predicted molar refractivity (Wildman–Crippen MR) is 77.3 cm³/mol. The van der Waals surface area contributed by atoms with Crippen LogP contribution in [0, 0.1) is 5.92 Å². The molecule has 5 nitrogen and oxygen atoms in total. The summed E-state index contributed by atoms with van der Waals surface area (Å²) in [7, 11) is 0. The van der Waals surface area contributed by atoms with Gasteiger partial charge in [0.2, 0.25) is 5.91 Å². The van der Waals surface area contributed by atoms with Gasteiger partial charge >= 0.3 is 0 Å². The van der Waals surface area contributed by atoms with Crippen LogP contribution in [0.3, 0.4) is 0 Å². The Morgan fingerprint density at radius 3 is 2.90 bits per heavy atom. The summed E-state index contributed by atoms with van der Waals surface area (Å²) in [6.45, 7) is 4.84. The van der Waals surface area contributed by atoms with Gasteiger partial charge in [0.15, 0.2) is 0 Å². The van der Waals surface area contributed by atoms with Crippen LogP contribution in [-0.4, -0.2) is 43.2 Å². The topological polar surface area (TPSA) is 63.2 Å². The lowest BCUT2D eigenvalue weighted by atomic mass is 10.0. The molecule has 0 spiro atoms. The molecule has 0 radical (unpaired) electrons. The molecule has 2 heterocycles. The Hall–Kier alpha value is -1.46. The Kier molecular flexibility index (Phi) is 5.95. The molecule has 0 aromatic carbocycles. The number of pyridine rings is 1. The van der Waals surface area contributed by atoms with Crippen molar-refractivity contribution in [1.82, 2.24) is 15.6 Å². The van der Waals surface area contributed by atoms with Crippen molar-refractivity contribution in [3.05, 3.63) is 30.1 Å². The van der Waals surface area contributed by atoms with Crippen molar-refractivity contribution in [3.63, 3.8) is 0 Å². The van der Waals surface area contributed by atoms with Crippen LogP contribution in [0.2, 0.25) is 0 Å². The summed E-state index contributed by atoms with van der Waals surface area (Å²) in [5, 5.41) is 6.38. The largest absolute Gasteiger partial charge is 0.379 e. The van der Waals surface area contributed by atoms with Crippen molar-refractivity contribution < 1.29 is 9.53 Å². The number of hydrogen-bond donors (Lipinski definition) is 2. The third kappa shape index (κ3) is 4.28. The van der Waals surface area contributed by atoms with Crippen molar-refractivity contribution >= 4 is 5.91 Å². The van der Waals surface area contributed by atoms with Crippen molar-refractivity contribution in [2.75, 3.05) is 26.3 Å². The number of ether oxygens (including phenoxy) is 1. The second kappa shape index (κ2) is 7.97. The van der Waals surface area contributed by atoms with Crippen LogP contribution < -0.4 is 10.6 Å². The highest BCUT2D eigenvalue weighted by molar-refractivity contribution is 5.79. The van der Waals surface area contributed by atoms with Gasteiger partial charge in [0.25, 0.3) is 0 Å². The van der Waals surface area contributed by atoms with Gasteiger partial charge in [-0.15, -0.1) is 0 Å². The zero-order chi connectivity index (χ0) is 14.2. The van der Waals surface area contributed by atoms with Gasteiger partial charge < -0.3 is 15.4 Å². The molecule has 0 saturated carbocycles. The Labute approximate surface area is 120 Å². The van der Waals surface area contributed by atoms with Crippen molar-refractivity contribution in [2.24, 2.45) is 5.92 Å². The Morgan fingerprint density at radius 1 is 1.35 bits per heavy atom. The molecular weight excluding hydrogens is 254 g/mol. The van der Waals surface area contributed by atoms with Gasteiger partial charge in [-0.2, -0.15) is 0 Å². The average molecular weight is 277 g/mol. The number of hydrogen-bond acceptors (Lipinski definition) is 4. The van der Waals surface area contributed by atoms with E-state index in [0.29, 0.717) is 19.8 Å². The molecule has 1 aliphatic heterocycles. The summed E-state index contributed by atoms with van der Waals surface area (Å²) >= 11 is 0. The van der Waals surface area contributed by atoms with E-state index in [4.69, 9.17) is 4.74 Å². The number of carbonyl (C=O) groups excluding carboxylic acids is 1. The minimum absolute atomic E-state index is 0.0704. The first-order valence-corrected chi connectivity index (χ1v) is 7.29. The van der Waals surface area contributed by atoms with Crippen LogP contribution in [0.5, 0.6) is 0 Å². The minimum atomic E-state index is -0.0704. The lowest BCUT2D eigenvalue weighted by Gasteiger charge is -2.18. The summed E-state index contributed by atoms with van der Waals surface area (Å²) in [5.74, 6) is 0.0177. The predicted octanol–water partition coefficient (Wildman–Crippen LogP) is 0.755. The highest BCUT2D eigenvalue weighted by Gasteiger charge is 2.33. The monoisotopic (exact) mass is 277 g/mol. The van der Waals surface area contributed by atoms with Gasteiger partial charge in [-0.3, -0.25) is 9.78 Å². The molecule has 5 heteroatoms. The normalized spacial score (nSPS) is 21.9. The van der Waals surface area contributed by atoms with Crippen LogP contribution in [0.1, 0.15) is 18.9 Å². The van der Waals surface area contributed by atoms with Gasteiger partial charge in [-0.05, 0) is 37.1 Å². The van der Waals surface area contributed by atoms with E-state index in [1.807, 2.05) is 12.1 Å². The summed E-state index contributed by atoms with van der Waals surface area (Å²) < 4.78 is 5.42. The summed E-state index contributed by atoms with van der Waals surface area (Å²) in [4.78, 5) is 16.1. The number of nitrogens with one attached hydrogen (secondary N) is 2. The molecule has 1 saturated heterocycles. The molecule has 2 rings (SSSR count). The lowest BCUT2D eigenvalue weighted by molar-refractivity contribution is -0.125. The minimum Gasteiger partial charge on any atom is -0.379 e. The summed E-state index contributed by atoms with van der Waals surface area (Å²) in [6, 6.07) is 4.09. The number of aromatic nitrogens is 1. The Bertz CT molecular complexity index is 411. The van der Waals surface area contributed by atoms with Gasteiger partial charge in [-0.25, -0.2) is 0 Å². The van der Waals surface area contributed by atoms with Crippen LogP contribution in [0.15, 0.2) is 24.5 Å². The Morgan fingerprint density at radius 2 is 2.15 bits per heavy atom. The lowest BCUT2D eigenvalue weighted by Crippen LogP contribution is -2.44. The first kappa shape index (κ1) is 14.9. The Balaban J connectivity index is 1.73. The fourth-order valence-electron chi connectivity index (χ4n) is 2.35. The first-order valence-electron chi connectivity index (χ1n) is 7.29. The van der Waals surface area contributed by atoms with Crippen LogP contribution >= 0.6 is 0 Å². The molecule has 0 aliphatic carbocycles. The molecule has 2 atom stereocenters. The molecule has 1 aliphatic rings. The zero-order valence-corrected chi connectivity index (χ0v) is 12.0. The molecule has 20 heavy (non-hydrogen) atoms. The fourth-order valence-corrected chi connectivity index (χ4v) is 2.35. The van der Waals surface area contributed by atoms with Gasteiger partial charge in [0.05, 0.1) is 19.1 Å². The van der Waals surface area contributed by atoms with E-state index in [1.54, 1.807) is 12.4 Å². The van der Waals surface area contributed by atoms with Crippen LogP contribution in [-0.2, 0) is 16.0 Å². The molecule has 1 amide bonds. The summed E-state index contributed by atoms with van der Waals surface area (Å²) in [5.41, 5.74) is 1.18. The van der Waals surface area contributed by atoms with Crippen molar-refractivity contribution in [2.45, 2.75) is 25.8 Å². The van der Waals surface area contributed by atoms with E-state index >= 15 is 0 Å². The zero-order valence-electron chi connectivity index (χ0n) is 12.0. The molecule has 110 valence electrons. The van der Waals surface area contributed by atoms with Crippen LogP contribution in [0.25, 0.3) is 0 Å². The van der Waals surface area contributed by atoms with Gasteiger partial charge in [0.1, 0.15) is 0 Å². The maximum absolute atomic E-state index is 12.2. The van der Waals surface area contributed by atoms with Crippen molar-refractivity contribution in [1.29, 1.82) is 0 Å². The maximum atomic E-state index is 12.2. The maximum Gasteiger partial charge on any atom is 0.227 e. The molecule has 2 N–H and O–H groups in total. The molecular formula is C15H23N3O2. The van der Waals surface area contributed by atoms with Crippen molar-refractivity contribution in [3.8, 4) is 0 Å². The van der Waals surface area contributed by atoms with E-state index < -0.39 is 0 Å². The number of carbonyl (C=O) groups is 1. The fraction of sp³-hybridized carbons (Fsp3) is 0.600. The third-order valence-corrected chi connectivity index (χ3v) is 3.54. The van der Waals surface area contributed by atoms with E-state index in [2.05, 4.69) is 22.5 Å². The molecule has 1 aromatic rings. The first-order chi connectivity index (χ1) is 9.81. The SMILES string of the molecule is CCCNC1COCC1C(=O)NCCc1ccncc1. The highest BCUT2D eigenvalue weighted by Crippen LogP contribution is 2.13. The van der Waals surface area contributed by atoms with E-state index in [1.165, 1.54) is 5.56 Å². The molecule has 0 bridgehead atoms. The second-order valence-corrected chi connectivity index (χ2v) is 5.10. The standard InChI is InChI=1S/C15H23N3O2/c1-2-6-17-14-11-20-10-13(14)15(19)18-9-5-12-3-7-16-8-4-12/h3-4,7-8,13-14,17H,2,5-6,9-11H2,1H3,(H,18,19). The quantitative estimate of drug-likeness (QED) is 0.772. The molecule has 1 fully saturated rings. The smallest absolute Gasteiger partial charge is 0.227 e. The number of amides is 1. The van der Waals surface area contributed by atoms with Gasteiger partial charge in [-0.1, -0.05) is 6.92 Å². The van der Waals surface area contributed by atoms with E-state index in [9.17, 15) is 4.79 Å². The highest BCUT2D eigenvalue weighted by atomic mass is 16.5. The second-order valence-electron chi connectivity index (χ2n) is 5.10. The molecule has 1 aromatic heterocycles. The molecule has 2 unspecified atom stereocenters. The van der Waals surface area contributed by atoms with E-state index in [-0.39, 0.29) is 17.9 Å². The van der Waals surface area contributed by atoms with E-state index in [0.717, 1.165) is 19.4 Å². The number of nitrogens with zero attached hydrogens (tertiary/aromatic N) is 1. The summed E-state index contributed by atoms with van der Waals surface area (Å²) in [6.07, 6.45) is 5.43. The average Bonchev–Trinajstić information content (AvgIpc) is 2.94. The third-order valence-electron chi connectivity index (χ3n) is 3.54. The van der Waals surface area contributed by atoms with Gasteiger partial charge in [0, 0.05) is 25.0 Å².